The van der Waals surface area contributed by atoms with E-state index in [2.05, 4.69) is 15.5 Å². The van der Waals surface area contributed by atoms with E-state index in [1.54, 1.807) is 0 Å². The number of hydrogen-bond acceptors (Lipinski definition) is 4. The van der Waals surface area contributed by atoms with Gasteiger partial charge >= 0.3 is 0 Å². The van der Waals surface area contributed by atoms with Crippen molar-refractivity contribution in [1.29, 1.82) is 0 Å². The molecule has 0 aromatic carbocycles. The first-order valence-corrected chi connectivity index (χ1v) is 7.97. The van der Waals surface area contributed by atoms with E-state index in [1.165, 1.54) is 0 Å². The van der Waals surface area contributed by atoms with E-state index in [4.69, 9.17) is 5.73 Å². The largest absolute Gasteiger partial charge is 0.369 e. The maximum absolute atomic E-state index is 12.6. The molecule has 4 N–H and O–H groups in total. The molecule has 2 rings (SSSR count). The van der Waals surface area contributed by atoms with Crippen molar-refractivity contribution in [2.75, 3.05) is 26.2 Å². The Balaban J connectivity index is 1.84. The molecule has 0 unspecified atom stereocenters. The second-order valence-electron chi connectivity index (χ2n) is 6.72. The third-order valence-electron chi connectivity index (χ3n) is 4.93. The van der Waals surface area contributed by atoms with Gasteiger partial charge in [0.05, 0.1) is 5.54 Å². The van der Waals surface area contributed by atoms with E-state index in [0.29, 0.717) is 0 Å². The highest BCUT2D eigenvalue weighted by molar-refractivity contribution is 5.85. The van der Waals surface area contributed by atoms with Gasteiger partial charge in [0.15, 0.2) is 0 Å². The molecule has 1 heterocycles. The predicted octanol–water partition coefficient (Wildman–Crippen LogP) is -0.169. The molecule has 2 fully saturated rings. The first-order valence-electron chi connectivity index (χ1n) is 7.97. The topological polar surface area (TPSA) is 87.5 Å². The molecule has 1 aliphatic heterocycles. The summed E-state index contributed by atoms with van der Waals surface area (Å²) in [5, 5.41) is 6.47. The molecule has 1 saturated heterocycles. The van der Waals surface area contributed by atoms with Crippen molar-refractivity contribution in [3.8, 4) is 0 Å². The molecule has 2 amide bonds. The summed E-state index contributed by atoms with van der Waals surface area (Å²) in [7, 11) is 0. The molecule has 0 spiro atoms. The predicted molar refractivity (Wildman–Crippen MR) is 81.6 cm³/mol. The van der Waals surface area contributed by atoms with Crippen LogP contribution in [-0.4, -0.2) is 54.5 Å². The third-order valence-corrected chi connectivity index (χ3v) is 4.93. The number of carbonyl (C=O) groups is 2. The molecule has 0 aromatic heterocycles. The summed E-state index contributed by atoms with van der Waals surface area (Å²) < 4.78 is 0. The molecule has 6 heteroatoms. The van der Waals surface area contributed by atoms with E-state index in [9.17, 15) is 9.59 Å². The Hall–Kier alpha value is -1.14. The normalized spacial score (nSPS) is 28.1. The number of nitrogens with zero attached hydrogens (tertiary/aromatic N) is 1. The second kappa shape index (κ2) is 6.75. The third kappa shape index (κ3) is 3.95. The van der Waals surface area contributed by atoms with Gasteiger partial charge in [0.2, 0.25) is 11.8 Å². The highest BCUT2D eigenvalue weighted by Crippen LogP contribution is 2.25. The van der Waals surface area contributed by atoms with Crippen LogP contribution in [0.3, 0.4) is 0 Å². The smallest absolute Gasteiger partial charge is 0.240 e. The van der Waals surface area contributed by atoms with Crippen LogP contribution < -0.4 is 16.4 Å². The molecule has 0 aromatic rings. The highest BCUT2D eigenvalue weighted by atomic mass is 16.2. The van der Waals surface area contributed by atoms with Crippen LogP contribution in [0, 0.1) is 5.92 Å². The van der Waals surface area contributed by atoms with Gasteiger partial charge in [0.1, 0.15) is 0 Å². The first kappa shape index (κ1) is 16.2. The number of carbonyl (C=O) groups excluding carboxylic acids is 2. The second-order valence-corrected chi connectivity index (χ2v) is 6.72. The van der Waals surface area contributed by atoms with Crippen molar-refractivity contribution >= 4 is 11.8 Å². The van der Waals surface area contributed by atoms with Crippen LogP contribution in [0.1, 0.15) is 39.5 Å². The number of amides is 2. The van der Waals surface area contributed by atoms with Gasteiger partial charge in [-0.3, -0.25) is 14.5 Å². The molecular formula is C15H28N4O2. The monoisotopic (exact) mass is 296 g/mol. The van der Waals surface area contributed by atoms with Crippen molar-refractivity contribution in [1.82, 2.24) is 15.5 Å². The fraction of sp³-hybridized carbons (Fsp3) is 0.867. The summed E-state index contributed by atoms with van der Waals surface area (Å²) in [5.41, 5.74) is 4.86. The standard InChI is InChI=1S/C15H28N4O2/c1-15(2,19-9-7-17-8-10-19)14(21)18-12-5-3-11(4-6-12)13(16)20/h11-12,17H,3-10H2,1-2H3,(H2,16,20)(H,18,21). The molecule has 2 aliphatic rings. The van der Waals surface area contributed by atoms with Gasteiger partial charge in [-0.25, -0.2) is 0 Å². The number of piperazine rings is 1. The van der Waals surface area contributed by atoms with Crippen molar-refractivity contribution in [3.63, 3.8) is 0 Å². The Bertz CT molecular complexity index is 383. The van der Waals surface area contributed by atoms with E-state index in [-0.39, 0.29) is 23.8 Å². The van der Waals surface area contributed by atoms with Crippen LogP contribution in [0.15, 0.2) is 0 Å². The zero-order valence-corrected chi connectivity index (χ0v) is 13.2. The minimum atomic E-state index is -0.483. The Morgan fingerprint density at radius 2 is 1.71 bits per heavy atom. The zero-order chi connectivity index (χ0) is 15.5. The lowest BCUT2D eigenvalue weighted by Gasteiger charge is -2.41. The quantitative estimate of drug-likeness (QED) is 0.672. The Morgan fingerprint density at radius 1 is 1.14 bits per heavy atom. The lowest BCUT2D eigenvalue weighted by molar-refractivity contribution is -0.133. The van der Waals surface area contributed by atoms with Gasteiger partial charge < -0.3 is 16.4 Å². The van der Waals surface area contributed by atoms with Gasteiger partial charge in [-0.15, -0.1) is 0 Å². The lowest BCUT2D eigenvalue weighted by Crippen LogP contribution is -2.61. The molecule has 120 valence electrons. The maximum atomic E-state index is 12.6. The molecule has 0 radical (unpaired) electrons. The first-order chi connectivity index (χ1) is 9.91. The summed E-state index contributed by atoms with van der Waals surface area (Å²) in [4.78, 5) is 26.0. The fourth-order valence-electron chi connectivity index (χ4n) is 3.25. The van der Waals surface area contributed by atoms with E-state index in [1.807, 2.05) is 13.8 Å². The number of nitrogens with one attached hydrogen (secondary N) is 2. The van der Waals surface area contributed by atoms with Crippen LogP contribution in [0.5, 0.6) is 0 Å². The molecule has 0 atom stereocenters. The van der Waals surface area contributed by atoms with Crippen LogP contribution in [0.25, 0.3) is 0 Å². The van der Waals surface area contributed by atoms with Crippen molar-refractivity contribution in [3.05, 3.63) is 0 Å². The SMILES string of the molecule is CC(C)(C(=O)NC1CCC(C(N)=O)CC1)N1CCNCC1. The number of nitrogens with two attached hydrogens (primary N) is 1. The molecule has 21 heavy (non-hydrogen) atoms. The summed E-state index contributed by atoms with van der Waals surface area (Å²) in [6, 6.07) is 0.176. The molecule has 6 nitrogen and oxygen atoms in total. The minimum absolute atomic E-state index is 0.0145. The van der Waals surface area contributed by atoms with Crippen LogP contribution in [0.4, 0.5) is 0 Å². The Kier molecular flexibility index (Phi) is 5.22. The Labute approximate surface area is 126 Å². The average molecular weight is 296 g/mol. The number of hydrogen-bond donors (Lipinski definition) is 3. The van der Waals surface area contributed by atoms with E-state index >= 15 is 0 Å². The molecule has 1 aliphatic carbocycles. The molecular weight excluding hydrogens is 268 g/mol. The van der Waals surface area contributed by atoms with E-state index in [0.717, 1.165) is 51.9 Å². The highest BCUT2D eigenvalue weighted by Gasteiger charge is 2.36. The minimum Gasteiger partial charge on any atom is -0.369 e. The summed E-state index contributed by atoms with van der Waals surface area (Å²) in [5.74, 6) is -0.132. The van der Waals surface area contributed by atoms with Crippen LogP contribution in [0.2, 0.25) is 0 Å². The van der Waals surface area contributed by atoms with Crippen molar-refractivity contribution in [2.45, 2.75) is 51.1 Å². The summed E-state index contributed by atoms with van der Waals surface area (Å²) in [6.45, 7) is 7.63. The van der Waals surface area contributed by atoms with Crippen molar-refractivity contribution < 1.29 is 9.59 Å². The summed E-state index contributed by atoms with van der Waals surface area (Å²) >= 11 is 0. The zero-order valence-electron chi connectivity index (χ0n) is 13.2. The lowest BCUT2D eigenvalue weighted by atomic mass is 9.85. The van der Waals surface area contributed by atoms with Gasteiger partial charge in [-0.2, -0.15) is 0 Å². The van der Waals surface area contributed by atoms with Gasteiger partial charge in [-0.05, 0) is 39.5 Å². The fourth-order valence-corrected chi connectivity index (χ4v) is 3.25. The van der Waals surface area contributed by atoms with E-state index < -0.39 is 5.54 Å². The van der Waals surface area contributed by atoms with Crippen molar-refractivity contribution in [2.24, 2.45) is 11.7 Å². The molecule has 0 bridgehead atoms. The number of rotatable bonds is 4. The maximum Gasteiger partial charge on any atom is 0.240 e. The Morgan fingerprint density at radius 3 is 2.24 bits per heavy atom. The summed E-state index contributed by atoms with van der Waals surface area (Å²) in [6.07, 6.45) is 3.26. The number of primary amides is 1. The van der Waals surface area contributed by atoms with Gasteiger partial charge in [0, 0.05) is 38.1 Å². The van der Waals surface area contributed by atoms with Gasteiger partial charge in [0.25, 0.3) is 0 Å². The van der Waals surface area contributed by atoms with Crippen LogP contribution >= 0.6 is 0 Å². The molecule has 1 saturated carbocycles. The van der Waals surface area contributed by atoms with Gasteiger partial charge in [-0.1, -0.05) is 0 Å². The van der Waals surface area contributed by atoms with Crippen LogP contribution in [-0.2, 0) is 9.59 Å². The average Bonchev–Trinajstić information content (AvgIpc) is 2.48.